The molecule has 3 rings (SSSR count). The highest BCUT2D eigenvalue weighted by Crippen LogP contribution is 2.22. The van der Waals surface area contributed by atoms with Crippen LogP contribution in [0.1, 0.15) is 5.56 Å². The number of nitrogens with zero attached hydrogens (tertiary/aromatic N) is 2. The van der Waals surface area contributed by atoms with Crippen LogP contribution in [0.25, 0.3) is 11.3 Å². The zero-order valence-corrected chi connectivity index (χ0v) is 14.7. The maximum atomic E-state index is 13.8. The number of halogens is 1. The van der Waals surface area contributed by atoms with E-state index in [9.17, 15) is 12.8 Å². The van der Waals surface area contributed by atoms with Crippen molar-refractivity contribution in [2.45, 2.75) is 11.4 Å². The van der Waals surface area contributed by atoms with Gasteiger partial charge in [0.2, 0.25) is 10.0 Å². The second-order valence-corrected chi connectivity index (χ2v) is 7.14. The van der Waals surface area contributed by atoms with E-state index in [2.05, 4.69) is 14.7 Å². The standard InChI is InChI=1S/C18H16FN3O3S/c1-25-17-7-6-15(10-16(17)19)26(23,24)22-12-14-5-3-9-21-18(14)13-4-2-8-20-11-13/h2-11,22H,12H2,1H3. The van der Waals surface area contributed by atoms with Crippen LogP contribution in [-0.2, 0) is 16.6 Å². The molecule has 0 radical (unpaired) electrons. The fraction of sp³-hybridized carbons (Fsp3) is 0.111. The first-order valence-electron chi connectivity index (χ1n) is 7.69. The summed E-state index contributed by atoms with van der Waals surface area (Å²) in [6.07, 6.45) is 4.92. The zero-order chi connectivity index (χ0) is 18.6. The molecule has 0 spiro atoms. The summed E-state index contributed by atoms with van der Waals surface area (Å²) in [6, 6.07) is 10.6. The van der Waals surface area contributed by atoms with Gasteiger partial charge in [-0.3, -0.25) is 9.97 Å². The first-order chi connectivity index (χ1) is 12.5. The van der Waals surface area contributed by atoms with E-state index in [0.29, 0.717) is 11.3 Å². The molecular weight excluding hydrogens is 357 g/mol. The van der Waals surface area contributed by atoms with Crippen molar-refractivity contribution < 1.29 is 17.5 Å². The van der Waals surface area contributed by atoms with Crippen molar-refractivity contribution in [3.05, 3.63) is 72.4 Å². The van der Waals surface area contributed by atoms with Gasteiger partial charge in [-0.1, -0.05) is 6.07 Å². The number of benzene rings is 1. The number of methoxy groups -OCH3 is 1. The van der Waals surface area contributed by atoms with Gasteiger partial charge in [0.1, 0.15) is 0 Å². The van der Waals surface area contributed by atoms with E-state index >= 15 is 0 Å². The molecule has 0 atom stereocenters. The Hall–Kier alpha value is -2.84. The van der Waals surface area contributed by atoms with Crippen LogP contribution in [-0.4, -0.2) is 25.5 Å². The van der Waals surface area contributed by atoms with Crippen LogP contribution in [0.15, 0.2) is 66.0 Å². The predicted molar refractivity (Wildman–Crippen MR) is 94.4 cm³/mol. The number of rotatable bonds is 6. The summed E-state index contributed by atoms with van der Waals surface area (Å²) < 4.78 is 46.0. The molecule has 1 aromatic carbocycles. The molecule has 0 aliphatic rings. The molecule has 0 saturated heterocycles. The normalized spacial score (nSPS) is 11.3. The van der Waals surface area contributed by atoms with E-state index in [1.165, 1.54) is 19.2 Å². The van der Waals surface area contributed by atoms with E-state index in [1.54, 1.807) is 36.8 Å². The van der Waals surface area contributed by atoms with E-state index in [1.807, 2.05) is 6.07 Å². The van der Waals surface area contributed by atoms with Crippen molar-refractivity contribution in [2.24, 2.45) is 0 Å². The van der Waals surface area contributed by atoms with Gasteiger partial charge < -0.3 is 4.74 Å². The highest BCUT2D eigenvalue weighted by atomic mass is 32.2. The number of aromatic nitrogens is 2. The average molecular weight is 373 g/mol. The van der Waals surface area contributed by atoms with Crippen molar-refractivity contribution in [3.8, 4) is 17.0 Å². The van der Waals surface area contributed by atoms with Gasteiger partial charge in [0, 0.05) is 30.7 Å². The Morgan fingerprint density at radius 1 is 1.15 bits per heavy atom. The van der Waals surface area contributed by atoms with Gasteiger partial charge in [-0.25, -0.2) is 17.5 Å². The Labute approximate surface area is 150 Å². The lowest BCUT2D eigenvalue weighted by Crippen LogP contribution is -2.23. The second kappa shape index (κ2) is 7.59. The quantitative estimate of drug-likeness (QED) is 0.719. The smallest absolute Gasteiger partial charge is 0.240 e. The van der Waals surface area contributed by atoms with Crippen LogP contribution >= 0.6 is 0 Å². The molecule has 3 aromatic rings. The Morgan fingerprint density at radius 2 is 1.96 bits per heavy atom. The molecular formula is C18H16FN3O3S. The van der Waals surface area contributed by atoms with Crippen molar-refractivity contribution in [2.75, 3.05) is 7.11 Å². The lowest BCUT2D eigenvalue weighted by molar-refractivity contribution is 0.385. The van der Waals surface area contributed by atoms with Crippen molar-refractivity contribution in [1.82, 2.24) is 14.7 Å². The highest BCUT2D eigenvalue weighted by Gasteiger charge is 2.17. The topological polar surface area (TPSA) is 81.2 Å². The maximum Gasteiger partial charge on any atom is 0.240 e. The first kappa shape index (κ1) is 18.0. The zero-order valence-electron chi connectivity index (χ0n) is 13.9. The highest BCUT2D eigenvalue weighted by molar-refractivity contribution is 7.89. The van der Waals surface area contributed by atoms with Crippen LogP contribution < -0.4 is 9.46 Å². The minimum atomic E-state index is -3.89. The lowest BCUT2D eigenvalue weighted by atomic mass is 10.1. The molecule has 2 aromatic heterocycles. The molecule has 8 heteroatoms. The van der Waals surface area contributed by atoms with Gasteiger partial charge in [-0.05, 0) is 42.0 Å². The number of nitrogens with one attached hydrogen (secondary N) is 1. The minimum Gasteiger partial charge on any atom is -0.494 e. The lowest BCUT2D eigenvalue weighted by Gasteiger charge is -2.11. The summed E-state index contributed by atoms with van der Waals surface area (Å²) in [5.74, 6) is -0.761. The van der Waals surface area contributed by atoms with E-state index < -0.39 is 15.8 Å². The predicted octanol–water partition coefficient (Wildman–Crippen LogP) is 2.77. The van der Waals surface area contributed by atoms with Crippen LogP contribution in [0.5, 0.6) is 5.75 Å². The largest absolute Gasteiger partial charge is 0.494 e. The number of pyridine rings is 2. The summed E-state index contributed by atoms with van der Waals surface area (Å²) in [5, 5.41) is 0. The van der Waals surface area contributed by atoms with E-state index in [-0.39, 0.29) is 17.2 Å². The maximum absolute atomic E-state index is 13.8. The van der Waals surface area contributed by atoms with E-state index in [0.717, 1.165) is 11.6 Å². The first-order valence-corrected chi connectivity index (χ1v) is 9.17. The molecule has 0 aliphatic carbocycles. The van der Waals surface area contributed by atoms with Gasteiger partial charge in [-0.15, -0.1) is 0 Å². The molecule has 0 bridgehead atoms. The summed E-state index contributed by atoms with van der Waals surface area (Å²) in [4.78, 5) is 8.18. The third-order valence-electron chi connectivity index (χ3n) is 3.71. The van der Waals surface area contributed by atoms with Crippen molar-refractivity contribution in [3.63, 3.8) is 0 Å². The molecule has 0 unspecified atom stereocenters. The third-order valence-corrected chi connectivity index (χ3v) is 5.11. The van der Waals surface area contributed by atoms with E-state index in [4.69, 9.17) is 4.74 Å². The average Bonchev–Trinajstić information content (AvgIpc) is 2.67. The molecule has 0 amide bonds. The van der Waals surface area contributed by atoms with Gasteiger partial charge in [0.15, 0.2) is 11.6 Å². The van der Waals surface area contributed by atoms with Gasteiger partial charge in [0.25, 0.3) is 0 Å². The summed E-state index contributed by atoms with van der Waals surface area (Å²) >= 11 is 0. The summed E-state index contributed by atoms with van der Waals surface area (Å²) in [5.41, 5.74) is 2.08. The molecule has 0 aliphatic heterocycles. The van der Waals surface area contributed by atoms with Crippen LogP contribution in [0.4, 0.5) is 4.39 Å². The molecule has 0 saturated carbocycles. The number of hydrogen-bond donors (Lipinski definition) is 1. The SMILES string of the molecule is COc1ccc(S(=O)(=O)NCc2cccnc2-c2cccnc2)cc1F. The Bertz CT molecular complexity index is 1010. The van der Waals surface area contributed by atoms with Crippen molar-refractivity contribution in [1.29, 1.82) is 0 Å². The molecule has 26 heavy (non-hydrogen) atoms. The van der Waals surface area contributed by atoms with Crippen LogP contribution in [0.2, 0.25) is 0 Å². The molecule has 2 heterocycles. The summed E-state index contributed by atoms with van der Waals surface area (Å²) in [7, 11) is -2.58. The molecule has 1 N–H and O–H groups in total. The van der Waals surface area contributed by atoms with Crippen LogP contribution in [0, 0.1) is 5.82 Å². The second-order valence-electron chi connectivity index (χ2n) is 5.37. The van der Waals surface area contributed by atoms with Gasteiger partial charge in [0.05, 0.1) is 17.7 Å². The number of sulfonamides is 1. The molecule has 0 fully saturated rings. The molecule has 6 nitrogen and oxygen atoms in total. The Balaban J connectivity index is 1.84. The fourth-order valence-corrected chi connectivity index (χ4v) is 3.43. The van der Waals surface area contributed by atoms with Crippen molar-refractivity contribution >= 4 is 10.0 Å². The monoisotopic (exact) mass is 373 g/mol. The number of ether oxygens (including phenoxy) is 1. The Morgan fingerprint density at radius 3 is 2.65 bits per heavy atom. The van der Waals surface area contributed by atoms with Gasteiger partial charge >= 0.3 is 0 Å². The minimum absolute atomic E-state index is 0.00799. The fourth-order valence-electron chi connectivity index (χ4n) is 2.41. The van der Waals surface area contributed by atoms with Gasteiger partial charge in [-0.2, -0.15) is 0 Å². The number of hydrogen-bond acceptors (Lipinski definition) is 5. The third kappa shape index (κ3) is 3.87. The van der Waals surface area contributed by atoms with Crippen LogP contribution in [0.3, 0.4) is 0 Å². The summed E-state index contributed by atoms with van der Waals surface area (Å²) in [6.45, 7) is 0.00799. The molecule has 134 valence electrons. The Kier molecular flexibility index (Phi) is 5.24.